The number of aromatic nitrogens is 2. The van der Waals surface area contributed by atoms with Gasteiger partial charge in [-0.1, -0.05) is 18.2 Å². The van der Waals surface area contributed by atoms with Crippen LogP contribution in [-0.4, -0.2) is 40.5 Å². The molecule has 3 rings (SSSR count). The highest BCUT2D eigenvalue weighted by molar-refractivity contribution is 5.78. The molecule has 1 aromatic carbocycles. The fourth-order valence-electron chi connectivity index (χ4n) is 2.47. The highest BCUT2D eigenvalue weighted by atomic mass is 16.5. The predicted molar refractivity (Wildman–Crippen MR) is 83.9 cm³/mol. The summed E-state index contributed by atoms with van der Waals surface area (Å²) < 4.78 is 5.68. The lowest BCUT2D eigenvalue weighted by atomic mass is 10.2. The first-order chi connectivity index (χ1) is 11.2. The molecule has 7 heteroatoms. The molecule has 120 valence electrons. The molecule has 0 bridgehead atoms. The van der Waals surface area contributed by atoms with Gasteiger partial charge >= 0.3 is 0 Å². The minimum absolute atomic E-state index is 0.105. The molecule has 0 saturated heterocycles. The van der Waals surface area contributed by atoms with Gasteiger partial charge in [-0.05, 0) is 6.07 Å². The van der Waals surface area contributed by atoms with E-state index in [1.54, 1.807) is 0 Å². The van der Waals surface area contributed by atoms with Crippen molar-refractivity contribution >= 4 is 5.91 Å². The topological polar surface area (TPSA) is 87.3 Å². The number of ether oxygens (including phenoxy) is 1. The molecule has 0 unspecified atom stereocenters. The summed E-state index contributed by atoms with van der Waals surface area (Å²) in [5, 5.41) is 2.78. The monoisotopic (exact) mass is 314 g/mol. The summed E-state index contributed by atoms with van der Waals surface area (Å²) in [6, 6.07) is 9.22. The number of carbonyl (C=O) groups is 1. The standard InChI is InChI=1S/C16H18N4O3/c21-15-7-13(18-11-19-15)8-17-16(22)10-20-5-6-23-14-4-2-1-3-12(14)9-20/h1-4,7,11H,5-6,8-10H2,(H,17,22)(H,18,19,21). The Balaban J connectivity index is 1.54. The number of hydrogen-bond acceptors (Lipinski definition) is 5. The Labute approximate surface area is 133 Å². The number of nitrogens with zero attached hydrogens (tertiary/aromatic N) is 2. The number of H-pyrrole nitrogens is 1. The molecule has 0 atom stereocenters. The third-order valence-electron chi connectivity index (χ3n) is 3.60. The number of hydrogen-bond donors (Lipinski definition) is 2. The van der Waals surface area contributed by atoms with Crippen molar-refractivity contribution in [2.75, 3.05) is 19.7 Å². The largest absolute Gasteiger partial charge is 0.492 e. The fraction of sp³-hybridized carbons (Fsp3) is 0.312. The van der Waals surface area contributed by atoms with Gasteiger partial charge in [0.1, 0.15) is 12.4 Å². The van der Waals surface area contributed by atoms with Crippen molar-refractivity contribution in [3.8, 4) is 5.75 Å². The summed E-state index contributed by atoms with van der Waals surface area (Å²) in [4.78, 5) is 31.7. The van der Waals surface area contributed by atoms with Gasteiger partial charge in [-0.3, -0.25) is 14.5 Å². The summed E-state index contributed by atoms with van der Waals surface area (Å²) in [6.07, 6.45) is 1.33. The number of fused-ring (bicyclic) bond motifs is 1. The quantitative estimate of drug-likeness (QED) is 0.846. The molecular weight excluding hydrogens is 296 g/mol. The predicted octanol–water partition coefficient (Wildman–Crippen LogP) is 0.281. The SMILES string of the molecule is O=C(CN1CCOc2ccccc2C1)NCc1cc(=O)[nH]cn1. The molecule has 23 heavy (non-hydrogen) atoms. The summed E-state index contributed by atoms with van der Waals surface area (Å²) in [7, 11) is 0. The molecule has 0 spiro atoms. The van der Waals surface area contributed by atoms with Gasteiger partial charge in [0.25, 0.3) is 5.56 Å². The smallest absolute Gasteiger partial charge is 0.250 e. The van der Waals surface area contributed by atoms with Crippen molar-refractivity contribution < 1.29 is 9.53 Å². The number of nitrogens with one attached hydrogen (secondary N) is 2. The first kappa shape index (κ1) is 15.2. The third kappa shape index (κ3) is 4.17. The van der Waals surface area contributed by atoms with E-state index in [0.717, 1.165) is 11.3 Å². The van der Waals surface area contributed by atoms with E-state index in [0.29, 0.717) is 25.4 Å². The summed E-state index contributed by atoms with van der Waals surface area (Å²) in [5.41, 5.74) is 1.38. The Morgan fingerprint density at radius 3 is 3.13 bits per heavy atom. The summed E-state index contributed by atoms with van der Waals surface area (Å²) in [6.45, 7) is 2.43. The van der Waals surface area contributed by atoms with E-state index in [1.807, 2.05) is 29.2 Å². The van der Waals surface area contributed by atoms with Crippen LogP contribution in [-0.2, 0) is 17.9 Å². The number of rotatable bonds is 4. The number of para-hydroxylation sites is 1. The van der Waals surface area contributed by atoms with Crippen molar-refractivity contribution in [2.24, 2.45) is 0 Å². The maximum absolute atomic E-state index is 12.1. The molecular formula is C16H18N4O3. The van der Waals surface area contributed by atoms with Crippen molar-refractivity contribution in [3.63, 3.8) is 0 Å². The second kappa shape index (κ2) is 7.06. The van der Waals surface area contributed by atoms with Gasteiger partial charge in [0.2, 0.25) is 5.91 Å². The Morgan fingerprint density at radius 1 is 1.39 bits per heavy atom. The molecule has 2 aromatic rings. The molecule has 0 saturated carbocycles. The van der Waals surface area contributed by atoms with Crippen LogP contribution < -0.4 is 15.6 Å². The second-order valence-corrected chi connectivity index (χ2v) is 5.35. The van der Waals surface area contributed by atoms with E-state index < -0.39 is 0 Å². The van der Waals surface area contributed by atoms with Crippen LogP contribution in [0.2, 0.25) is 0 Å². The lowest BCUT2D eigenvalue weighted by Crippen LogP contribution is -2.37. The molecule has 1 aliphatic rings. The van der Waals surface area contributed by atoms with Gasteiger partial charge < -0.3 is 15.0 Å². The second-order valence-electron chi connectivity index (χ2n) is 5.35. The Morgan fingerprint density at radius 2 is 2.26 bits per heavy atom. The zero-order valence-electron chi connectivity index (χ0n) is 12.6. The van der Waals surface area contributed by atoms with Crippen LogP contribution in [0.25, 0.3) is 0 Å². The van der Waals surface area contributed by atoms with Gasteiger partial charge in [-0.15, -0.1) is 0 Å². The molecule has 0 fully saturated rings. The van der Waals surface area contributed by atoms with Crippen LogP contribution in [0.1, 0.15) is 11.3 Å². The molecule has 1 aliphatic heterocycles. The fourth-order valence-corrected chi connectivity index (χ4v) is 2.47. The third-order valence-corrected chi connectivity index (χ3v) is 3.60. The van der Waals surface area contributed by atoms with Gasteiger partial charge in [0, 0.05) is 24.7 Å². The first-order valence-corrected chi connectivity index (χ1v) is 7.44. The number of aromatic amines is 1. The van der Waals surface area contributed by atoms with Crippen molar-refractivity contribution in [3.05, 3.63) is 58.3 Å². The lowest BCUT2D eigenvalue weighted by molar-refractivity contribution is -0.122. The molecule has 1 aromatic heterocycles. The zero-order valence-corrected chi connectivity index (χ0v) is 12.6. The van der Waals surface area contributed by atoms with Crippen molar-refractivity contribution in [1.82, 2.24) is 20.2 Å². The van der Waals surface area contributed by atoms with E-state index in [9.17, 15) is 9.59 Å². The number of benzene rings is 1. The van der Waals surface area contributed by atoms with Gasteiger partial charge in [-0.25, -0.2) is 4.98 Å². The Kier molecular flexibility index (Phi) is 4.68. The highest BCUT2D eigenvalue weighted by Crippen LogP contribution is 2.22. The van der Waals surface area contributed by atoms with Crippen LogP contribution in [0.4, 0.5) is 0 Å². The van der Waals surface area contributed by atoms with Crippen LogP contribution >= 0.6 is 0 Å². The maximum Gasteiger partial charge on any atom is 0.250 e. The molecule has 2 N–H and O–H groups in total. The maximum atomic E-state index is 12.1. The van der Waals surface area contributed by atoms with E-state index >= 15 is 0 Å². The molecule has 0 aliphatic carbocycles. The van der Waals surface area contributed by atoms with E-state index in [1.165, 1.54) is 12.4 Å². The molecule has 2 heterocycles. The number of amides is 1. The van der Waals surface area contributed by atoms with E-state index in [-0.39, 0.29) is 24.6 Å². The van der Waals surface area contributed by atoms with E-state index in [4.69, 9.17) is 4.74 Å². The van der Waals surface area contributed by atoms with E-state index in [2.05, 4.69) is 15.3 Å². The summed E-state index contributed by atoms with van der Waals surface area (Å²) in [5.74, 6) is 0.773. The Hall–Kier alpha value is -2.67. The minimum atomic E-state index is -0.231. The first-order valence-electron chi connectivity index (χ1n) is 7.44. The van der Waals surface area contributed by atoms with Crippen LogP contribution in [0, 0.1) is 0 Å². The van der Waals surface area contributed by atoms with Gasteiger partial charge in [0.15, 0.2) is 0 Å². The molecule has 7 nitrogen and oxygen atoms in total. The molecule has 1 amide bonds. The Bertz CT molecular complexity index is 744. The van der Waals surface area contributed by atoms with Crippen LogP contribution in [0.15, 0.2) is 41.5 Å². The zero-order chi connectivity index (χ0) is 16.1. The normalized spacial score (nSPS) is 14.4. The van der Waals surface area contributed by atoms with Crippen molar-refractivity contribution in [1.29, 1.82) is 0 Å². The summed E-state index contributed by atoms with van der Waals surface area (Å²) >= 11 is 0. The van der Waals surface area contributed by atoms with Crippen molar-refractivity contribution in [2.45, 2.75) is 13.1 Å². The average molecular weight is 314 g/mol. The molecule has 0 radical (unpaired) electrons. The van der Waals surface area contributed by atoms with Crippen LogP contribution in [0.3, 0.4) is 0 Å². The van der Waals surface area contributed by atoms with Crippen LogP contribution in [0.5, 0.6) is 5.75 Å². The van der Waals surface area contributed by atoms with Gasteiger partial charge in [-0.2, -0.15) is 0 Å². The number of carbonyl (C=O) groups excluding carboxylic acids is 1. The van der Waals surface area contributed by atoms with Gasteiger partial charge in [0.05, 0.1) is 25.1 Å². The highest BCUT2D eigenvalue weighted by Gasteiger charge is 2.17. The minimum Gasteiger partial charge on any atom is -0.492 e. The lowest BCUT2D eigenvalue weighted by Gasteiger charge is -2.18. The average Bonchev–Trinajstić information content (AvgIpc) is 2.74.